The zero-order chi connectivity index (χ0) is 17.1. The number of amides is 1. The van der Waals surface area contributed by atoms with Gasteiger partial charge < -0.3 is 5.32 Å². The number of nitro groups is 1. The molecule has 2 aromatic rings. The summed E-state index contributed by atoms with van der Waals surface area (Å²) < 4.78 is 1.86. The van der Waals surface area contributed by atoms with E-state index in [9.17, 15) is 14.9 Å². The van der Waals surface area contributed by atoms with Crippen molar-refractivity contribution in [1.29, 1.82) is 0 Å². The van der Waals surface area contributed by atoms with E-state index >= 15 is 0 Å². The third kappa shape index (κ3) is 3.29. The lowest BCUT2D eigenvalue weighted by atomic mass is 9.96. The molecule has 1 N–H and O–H groups in total. The highest BCUT2D eigenvalue weighted by Crippen LogP contribution is 2.30. The Morgan fingerprint density at radius 2 is 2.04 bits per heavy atom. The van der Waals surface area contributed by atoms with E-state index in [0.29, 0.717) is 17.4 Å². The second-order valence-corrected chi connectivity index (χ2v) is 6.17. The van der Waals surface area contributed by atoms with Crippen molar-refractivity contribution < 1.29 is 9.72 Å². The molecule has 1 aliphatic carbocycles. The molecule has 0 bridgehead atoms. The van der Waals surface area contributed by atoms with Crippen LogP contribution in [0, 0.1) is 17.0 Å². The van der Waals surface area contributed by atoms with Crippen LogP contribution in [0.15, 0.2) is 30.5 Å². The van der Waals surface area contributed by atoms with Gasteiger partial charge in [-0.05, 0) is 25.8 Å². The molecule has 126 valence electrons. The minimum Gasteiger partial charge on any atom is -0.307 e. The van der Waals surface area contributed by atoms with Gasteiger partial charge in [-0.1, -0.05) is 25.3 Å². The first kappa shape index (κ1) is 16.2. The van der Waals surface area contributed by atoms with E-state index in [-0.39, 0.29) is 17.2 Å². The molecule has 0 spiro atoms. The quantitative estimate of drug-likeness (QED) is 0.681. The van der Waals surface area contributed by atoms with E-state index in [1.54, 1.807) is 31.3 Å². The second-order valence-electron chi connectivity index (χ2n) is 6.17. The molecule has 7 nitrogen and oxygen atoms in total. The Labute approximate surface area is 139 Å². The lowest BCUT2D eigenvalue weighted by Crippen LogP contribution is -2.20. The summed E-state index contributed by atoms with van der Waals surface area (Å²) in [6, 6.07) is 6.56. The van der Waals surface area contributed by atoms with Crippen LogP contribution >= 0.6 is 0 Å². The minimum absolute atomic E-state index is 0.0524. The third-order valence-corrected chi connectivity index (χ3v) is 4.50. The first-order chi connectivity index (χ1) is 11.6. The topological polar surface area (TPSA) is 90.1 Å². The van der Waals surface area contributed by atoms with Gasteiger partial charge in [-0.15, -0.1) is 0 Å². The summed E-state index contributed by atoms with van der Waals surface area (Å²) in [5.41, 5.74) is 0.746. The maximum Gasteiger partial charge on any atom is 0.273 e. The molecule has 0 saturated heterocycles. The van der Waals surface area contributed by atoms with Gasteiger partial charge >= 0.3 is 0 Å². The van der Waals surface area contributed by atoms with Gasteiger partial charge in [-0.2, -0.15) is 5.10 Å². The predicted molar refractivity (Wildman–Crippen MR) is 90.1 cm³/mol. The molecular formula is C17H20N4O3. The van der Waals surface area contributed by atoms with Crippen LogP contribution in [0.25, 0.3) is 0 Å². The van der Waals surface area contributed by atoms with Crippen LogP contribution in [-0.4, -0.2) is 20.6 Å². The normalized spacial score (nSPS) is 15.2. The van der Waals surface area contributed by atoms with E-state index in [1.807, 2.05) is 4.68 Å². The van der Waals surface area contributed by atoms with Gasteiger partial charge in [0.25, 0.3) is 11.6 Å². The number of benzene rings is 1. The molecule has 0 radical (unpaired) electrons. The molecule has 1 amide bonds. The fourth-order valence-corrected chi connectivity index (χ4v) is 3.17. The molecule has 1 aromatic carbocycles. The molecule has 3 rings (SSSR count). The fraction of sp³-hybridized carbons (Fsp3) is 0.412. The number of nitrogens with one attached hydrogen (secondary N) is 1. The van der Waals surface area contributed by atoms with Gasteiger partial charge in [0.15, 0.2) is 0 Å². The Bertz CT molecular complexity index is 763. The zero-order valence-corrected chi connectivity index (χ0v) is 13.6. The van der Waals surface area contributed by atoms with Crippen LogP contribution in [0.1, 0.15) is 54.1 Å². The van der Waals surface area contributed by atoms with Crippen molar-refractivity contribution in [2.24, 2.45) is 0 Å². The molecule has 0 unspecified atom stereocenters. The van der Waals surface area contributed by atoms with E-state index in [1.165, 1.54) is 25.3 Å². The molecule has 1 fully saturated rings. The summed E-state index contributed by atoms with van der Waals surface area (Å²) >= 11 is 0. The van der Waals surface area contributed by atoms with Crippen LogP contribution in [0.5, 0.6) is 0 Å². The number of rotatable bonds is 4. The smallest absolute Gasteiger partial charge is 0.273 e. The van der Waals surface area contributed by atoms with Crippen molar-refractivity contribution in [3.63, 3.8) is 0 Å². The molecule has 24 heavy (non-hydrogen) atoms. The summed E-state index contributed by atoms with van der Waals surface area (Å²) in [5, 5.41) is 18.2. The first-order valence-electron chi connectivity index (χ1n) is 8.16. The number of hydrogen-bond acceptors (Lipinski definition) is 4. The molecule has 1 saturated carbocycles. The monoisotopic (exact) mass is 328 g/mol. The first-order valence-corrected chi connectivity index (χ1v) is 8.16. The molecule has 0 aliphatic heterocycles. The van der Waals surface area contributed by atoms with Gasteiger partial charge in [-0.3, -0.25) is 14.9 Å². The van der Waals surface area contributed by atoms with E-state index in [2.05, 4.69) is 10.4 Å². The Balaban J connectivity index is 1.79. The maximum atomic E-state index is 12.5. The van der Waals surface area contributed by atoms with Crippen LogP contribution in [0.3, 0.4) is 0 Å². The number of carbonyl (C=O) groups excluding carboxylic acids is 1. The molecule has 7 heteroatoms. The summed E-state index contributed by atoms with van der Waals surface area (Å²) in [6.45, 7) is 1.65. The number of anilines is 1. The van der Waals surface area contributed by atoms with Crippen LogP contribution in [0.4, 0.5) is 11.5 Å². The Hall–Kier alpha value is -2.70. The number of nitro benzene ring substituents is 1. The van der Waals surface area contributed by atoms with Crippen LogP contribution in [0.2, 0.25) is 0 Å². The summed E-state index contributed by atoms with van der Waals surface area (Å²) in [4.78, 5) is 23.0. The SMILES string of the molecule is Cc1ccc(C(=O)Nc2ccnn2C2CCCCC2)cc1[N+](=O)[O-]. The van der Waals surface area contributed by atoms with Crippen molar-refractivity contribution in [3.05, 3.63) is 51.7 Å². The summed E-state index contributed by atoms with van der Waals surface area (Å²) in [5.74, 6) is 0.269. The maximum absolute atomic E-state index is 12.5. The number of aromatic nitrogens is 2. The van der Waals surface area contributed by atoms with Crippen molar-refractivity contribution in [1.82, 2.24) is 9.78 Å². The van der Waals surface area contributed by atoms with Gasteiger partial charge in [0.2, 0.25) is 0 Å². The number of carbonyl (C=O) groups is 1. The van der Waals surface area contributed by atoms with E-state index in [0.717, 1.165) is 12.8 Å². The second kappa shape index (κ2) is 6.82. The fourth-order valence-electron chi connectivity index (χ4n) is 3.17. The highest BCUT2D eigenvalue weighted by Gasteiger charge is 2.20. The number of hydrogen-bond donors (Lipinski definition) is 1. The molecular weight excluding hydrogens is 308 g/mol. The molecule has 1 aliphatic rings. The summed E-state index contributed by atoms with van der Waals surface area (Å²) in [6.07, 6.45) is 7.36. The van der Waals surface area contributed by atoms with Crippen LogP contribution < -0.4 is 5.32 Å². The van der Waals surface area contributed by atoms with Gasteiger partial charge in [0, 0.05) is 23.3 Å². The van der Waals surface area contributed by atoms with Gasteiger partial charge in [0.05, 0.1) is 17.2 Å². The lowest BCUT2D eigenvalue weighted by Gasteiger charge is -2.23. The predicted octanol–water partition coefficient (Wildman–Crippen LogP) is 3.86. The standard InChI is InChI=1S/C17H20N4O3/c1-12-7-8-13(11-15(12)21(23)24)17(22)19-16-9-10-18-20(16)14-5-3-2-4-6-14/h7-11,14H,2-6H2,1H3,(H,19,22). The third-order valence-electron chi connectivity index (χ3n) is 4.50. The van der Waals surface area contributed by atoms with Crippen molar-refractivity contribution >= 4 is 17.4 Å². The van der Waals surface area contributed by atoms with Crippen molar-refractivity contribution in [2.75, 3.05) is 5.32 Å². The number of nitrogens with zero attached hydrogens (tertiary/aromatic N) is 3. The molecule has 1 heterocycles. The van der Waals surface area contributed by atoms with Crippen LogP contribution in [-0.2, 0) is 0 Å². The Morgan fingerprint density at radius 1 is 1.29 bits per heavy atom. The number of aryl methyl sites for hydroxylation is 1. The Kier molecular flexibility index (Phi) is 4.59. The van der Waals surface area contributed by atoms with Gasteiger partial charge in [-0.25, -0.2) is 4.68 Å². The zero-order valence-electron chi connectivity index (χ0n) is 13.6. The van der Waals surface area contributed by atoms with E-state index < -0.39 is 4.92 Å². The molecule has 1 aromatic heterocycles. The van der Waals surface area contributed by atoms with Crippen molar-refractivity contribution in [2.45, 2.75) is 45.1 Å². The Morgan fingerprint density at radius 3 is 2.75 bits per heavy atom. The summed E-state index contributed by atoms with van der Waals surface area (Å²) in [7, 11) is 0. The van der Waals surface area contributed by atoms with Gasteiger partial charge in [0.1, 0.15) is 5.82 Å². The highest BCUT2D eigenvalue weighted by molar-refractivity contribution is 6.04. The molecule has 0 atom stereocenters. The van der Waals surface area contributed by atoms with Crippen molar-refractivity contribution in [3.8, 4) is 0 Å². The van der Waals surface area contributed by atoms with E-state index in [4.69, 9.17) is 0 Å². The average molecular weight is 328 g/mol. The highest BCUT2D eigenvalue weighted by atomic mass is 16.6. The largest absolute Gasteiger partial charge is 0.307 e. The lowest BCUT2D eigenvalue weighted by molar-refractivity contribution is -0.385. The average Bonchev–Trinajstić information content (AvgIpc) is 3.03. The minimum atomic E-state index is -0.474.